The highest BCUT2D eigenvalue weighted by molar-refractivity contribution is 7.89. The molecule has 0 aliphatic heterocycles. The van der Waals surface area contributed by atoms with E-state index in [0.29, 0.717) is 11.1 Å². The van der Waals surface area contributed by atoms with Gasteiger partial charge in [-0.25, -0.2) is 8.42 Å². The zero-order valence-electron chi connectivity index (χ0n) is 13.1. The van der Waals surface area contributed by atoms with Gasteiger partial charge in [0.1, 0.15) is 0 Å². The van der Waals surface area contributed by atoms with Crippen molar-refractivity contribution in [3.05, 3.63) is 28.8 Å². The van der Waals surface area contributed by atoms with Crippen LogP contribution in [-0.2, 0) is 16.6 Å². The van der Waals surface area contributed by atoms with Gasteiger partial charge in [0.25, 0.3) is 0 Å². The van der Waals surface area contributed by atoms with E-state index in [9.17, 15) is 13.5 Å². The summed E-state index contributed by atoms with van der Waals surface area (Å²) in [5, 5.41) is 9.33. The highest BCUT2D eigenvalue weighted by Gasteiger charge is 2.28. The fourth-order valence-corrected chi connectivity index (χ4v) is 3.87. The van der Waals surface area contributed by atoms with Gasteiger partial charge in [-0.1, -0.05) is 19.9 Å². The molecule has 1 N–H and O–H groups in total. The van der Waals surface area contributed by atoms with E-state index in [0.717, 1.165) is 5.56 Å². The first kappa shape index (κ1) is 17.1. The molecule has 5 heteroatoms. The number of hydrogen-bond donors (Lipinski definition) is 1. The SMILES string of the molecule is Cc1cc(C)c(S(=O)(=O)N(C)C(C)C(C)C)cc1CO. The maximum atomic E-state index is 12.7. The van der Waals surface area contributed by atoms with Crippen molar-refractivity contribution < 1.29 is 13.5 Å². The van der Waals surface area contributed by atoms with Gasteiger partial charge in [0.15, 0.2) is 0 Å². The number of rotatable bonds is 5. The molecule has 0 amide bonds. The molecule has 0 saturated carbocycles. The van der Waals surface area contributed by atoms with Crippen LogP contribution in [0.5, 0.6) is 0 Å². The smallest absolute Gasteiger partial charge is 0.243 e. The third kappa shape index (κ3) is 3.22. The van der Waals surface area contributed by atoms with E-state index in [1.807, 2.05) is 33.8 Å². The molecule has 114 valence electrons. The lowest BCUT2D eigenvalue weighted by atomic mass is 10.1. The fraction of sp³-hybridized carbons (Fsp3) is 0.600. The van der Waals surface area contributed by atoms with Gasteiger partial charge in [-0.2, -0.15) is 4.31 Å². The Morgan fingerprint density at radius 3 is 2.15 bits per heavy atom. The van der Waals surface area contributed by atoms with Gasteiger partial charge < -0.3 is 5.11 Å². The highest BCUT2D eigenvalue weighted by atomic mass is 32.2. The van der Waals surface area contributed by atoms with Crippen molar-refractivity contribution in [3.8, 4) is 0 Å². The fourth-order valence-electron chi connectivity index (χ4n) is 2.12. The molecule has 0 aromatic heterocycles. The molecule has 1 unspecified atom stereocenters. The zero-order valence-corrected chi connectivity index (χ0v) is 14.0. The maximum Gasteiger partial charge on any atom is 0.243 e. The number of benzene rings is 1. The molecule has 1 aromatic carbocycles. The van der Waals surface area contributed by atoms with Crippen molar-refractivity contribution in [2.75, 3.05) is 7.05 Å². The molecule has 0 spiro atoms. The maximum absolute atomic E-state index is 12.7. The number of nitrogens with zero attached hydrogens (tertiary/aromatic N) is 1. The summed E-state index contributed by atoms with van der Waals surface area (Å²) >= 11 is 0. The van der Waals surface area contributed by atoms with Crippen LogP contribution >= 0.6 is 0 Å². The summed E-state index contributed by atoms with van der Waals surface area (Å²) in [5.74, 6) is 0.234. The average Bonchev–Trinajstić information content (AvgIpc) is 2.36. The molecule has 0 aliphatic rings. The molecule has 1 atom stereocenters. The largest absolute Gasteiger partial charge is 0.392 e. The van der Waals surface area contributed by atoms with Gasteiger partial charge in [-0.05, 0) is 49.4 Å². The van der Waals surface area contributed by atoms with E-state index >= 15 is 0 Å². The van der Waals surface area contributed by atoms with Crippen LogP contribution in [0.25, 0.3) is 0 Å². The third-order valence-corrected chi connectivity index (χ3v) is 6.09. The van der Waals surface area contributed by atoms with Crippen molar-refractivity contribution in [2.45, 2.75) is 52.2 Å². The molecule has 0 saturated heterocycles. The van der Waals surface area contributed by atoms with Crippen molar-refractivity contribution >= 4 is 10.0 Å². The van der Waals surface area contributed by atoms with E-state index in [1.165, 1.54) is 4.31 Å². The van der Waals surface area contributed by atoms with Crippen LogP contribution in [0.15, 0.2) is 17.0 Å². The minimum absolute atomic E-state index is 0.0849. The minimum Gasteiger partial charge on any atom is -0.392 e. The summed E-state index contributed by atoms with van der Waals surface area (Å²) in [4.78, 5) is 0.280. The first-order chi connectivity index (χ1) is 9.12. The lowest BCUT2D eigenvalue weighted by Crippen LogP contribution is -2.38. The normalized spacial score (nSPS) is 14.1. The molecule has 0 heterocycles. The van der Waals surface area contributed by atoms with Gasteiger partial charge >= 0.3 is 0 Å². The summed E-state index contributed by atoms with van der Waals surface area (Å²) in [6.07, 6.45) is 0. The van der Waals surface area contributed by atoms with Crippen LogP contribution in [0.4, 0.5) is 0 Å². The van der Waals surface area contributed by atoms with Crippen molar-refractivity contribution in [3.63, 3.8) is 0 Å². The van der Waals surface area contributed by atoms with E-state index < -0.39 is 10.0 Å². The monoisotopic (exact) mass is 299 g/mol. The quantitative estimate of drug-likeness (QED) is 0.908. The summed E-state index contributed by atoms with van der Waals surface area (Å²) in [5.41, 5.74) is 2.27. The minimum atomic E-state index is -3.54. The van der Waals surface area contributed by atoms with Gasteiger partial charge in [0.05, 0.1) is 11.5 Å². The summed E-state index contributed by atoms with van der Waals surface area (Å²) < 4.78 is 26.9. The topological polar surface area (TPSA) is 57.6 Å². The molecule has 4 nitrogen and oxygen atoms in total. The zero-order chi connectivity index (χ0) is 15.7. The Balaban J connectivity index is 3.36. The molecular weight excluding hydrogens is 274 g/mol. The van der Waals surface area contributed by atoms with E-state index in [4.69, 9.17) is 0 Å². The second-order valence-corrected chi connectivity index (χ2v) is 7.67. The second kappa shape index (κ2) is 6.24. The average molecular weight is 299 g/mol. The number of sulfonamides is 1. The number of aliphatic hydroxyl groups is 1. The van der Waals surface area contributed by atoms with Crippen LogP contribution in [-0.4, -0.2) is 30.9 Å². The number of hydrogen-bond acceptors (Lipinski definition) is 3. The molecular formula is C15H25NO3S. The molecule has 0 fully saturated rings. The third-order valence-electron chi connectivity index (χ3n) is 4.00. The molecule has 1 rings (SSSR count). The Kier molecular flexibility index (Phi) is 5.35. The lowest BCUT2D eigenvalue weighted by Gasteiger charge is -2.28. The van der Waals surface area contributed by atoms with Crippen LogP contribution in [0.3, 0.4) is 0 Å². The number of aliphatic hydroxyl groups excluding tert-OH is 1. The highest BCUT2D eigenvalue weighted by Crippen LogP contribution is 2.25. The lowest BCUT2D eigenvalue weighted by molar-refractivity contribution is 0.280. The van der Waals surface area contributed by atoms with Crippen LogP contribution in [0.1, 0.15) is 37.5 Å². The second-order valence-electron chi connectivity index (χ2n) is 5.71. The van der Waals surface area contributed by atoms with Gasteiger partial charge in [0, 0.05) is 13.1 Å². The summed E-state index contributed by atoms with van der Waals surface area (Å²) in [7, 11) is -1.93. The Morgan fingerprint density at radius 2 is 1.70 bits per heavy atom. The number of aryl methyl sites for hydroxylation is 2. The summed E-state index contributed by atoms with van der Waals surface area (Å²) in [6.45, 7) is 9.40. The summed E-state index contributed by atoms with van der Waals surface area (Å²) in [6, 6.07) is 3.31. The van der Waals surface area contributed by atoms with Gasteiger partial charge in [-0.15, -0.1) is 0 Å². The van der Waals surface area contributed by atoms with Gasteiger partial charge in [0.2, 0.25) is 10.0 Å². The first-order valence-electron chi connectivity index (χ1n) is 6.82. The predicted octanol–water partition coefficient (Wildman–Crippen LogP) is 2.46. The van der Waals surface area contributed by atoms with Crippen LogP contribution in [0, 0.1) is 19.8 Å². The van der Waals surface area contributed by atoms with Crippen molar-refractivity contribution in [1.29, 1.82) is 0 Å². The Hall–Kier alpha value is -0.910. The standard InChI is InChI=1S/C15H25NO3S/c1-10(2)13(5)16(6)20(18,19)15-8-14(9-17)11(3)7-12(15)4/h7-8,10,13,17H,9H2,1-6H3. The molecule has 1 aromatic rings. The Bertz CT molecular complexity index is 579. The molecule has 0 radical (unpaired) electrons. The van der Waals surface area contributed by atoms with Crippen LogP contribution in [0.2, 0.25) is 0 Å². The van der Waals surface area contributed by atoms with Gasteiger partial charge in [-0.3, -0.25) is 0 Å². The predicted molar refractivity (Wildman–Crippen MR) is 81.1 cm³/mol. The molecule has 0 aliphatic carbocycles. The van der Waals surface area contributed by atoms with Crippen molar-refractivity contribution in [1.82, 2.24) is 4.31 Å². The van der Waals surface area contributed by atoms with E-state index in [2.05, 4.69) is 0 Å². The molecule has 20 heavy (non-hydrogen) atoms. The van der Waals surface area contributed by atoms with E-state index in [1.54, 1.807) is 20.0 Å². The first-order valence-corrected chi connectivity index (χ1v) is 8.26. The van der Waals surface area contributed by atoms with Crippen molar-refractivity contribution in [2.24, 2.45) is 5.92 Å². The molecule has 0 bridgehead atoms. The van der Waals surface area contributed by atoms with E-state index in [-0.39, 0.29) is 23.5 Å². The Labute approximate surface area is 122 Å². The van der Waals surface area contributed by atoms with Crippen LogP contribution < -0.4 is 0 Å². The Morgan fingerprint density at radius 1 is 1.15 bits per heavy atom.